The highest BCUT2D eigenvalue weighted by molar-refractivity contribution is 5.96. The fourth-order valence-corrected chi connectivity index (χ4v) is 2.02. The summed E-state index contributed by atoms with van der Waals surface area (Å²) in [4.78, 5) is 24.3. The van der Waals surface area contributed by atoms with Gasteiger partial charge in [-0.25, -0.2) is 0 Å². The molecular weight excluding hydrogens is 244 g/mol. The van der Waals surface area contributed by atoms with Crippen molar-refractivity contribution in [1.82, 2.24) is 9.88 Å². The van der Waals surface area contributed by atoms with Gasteiger partial charge in [0.25, 0.3) is 11.5 Å². The van der Waals surface area contributed by atoms with Crippen molar-refractivity contribution in [2.75, 3.05) is 20.8 Å². The number of fused-ring (bicyclic) bond motifs is 1. The molecule has 1 amide bonds. The van der Waals surface area contributed by atoms with E-state index < -0.39 is 0 Å². The van der Waals surface area contributed by atoms with Crippen LogP contribution in [0.2, 0.25) is 0 Å². The predicted octanol–water partition coefficient (Wildman–Crippen LogP) is 1.01. The molecule has 1 heterocycles. The molecule has 0 spiro atoms. The summed E-state index contributed by atoms with van der Waals surface area (Å²) in [6, 6.07) is 8.96. The van der Waals surface area contributed by atoms with Gasteiger partial charge in [0.1, 0.15) is 5.69 Å². The van der Waals surface area contributed by atoms with Crippen LogP contribution >= 0.6 is 0 Å². The van der Waals surface area contributed by atoms with Crippen molar-refractivity contribution in [3.8, 4) is 0 Å². The number of benzene rings is 1. The highest BCUT2D eigenvalue weighted by Crippen LogP contribution is 2.12. The SMILES string of the molecule is CNC(=O)c1cc2ccccc2c(=O)n1CCOC. The maximum atomic E-state index is 12.4. The zero-order chi connectivity index (χ0) is 13.8. The first-order valence-electron chi connectivity index (χ1n) is 6.02. The molecule has 0 unspecified atom stereocenters. The first kappa shape index (κ1) is 13.3. The molecule has 0 saturated carbocycles. The van der Waals surface area contributed by atoms with E-state index >= 15 is 0 Å². The average Bonchev–Trinajstić information content (AvgIpc) is 2.45. The average molecular weight is 260 g/mol. The molecule has 0 aliphatic heterocycles. The van der Waals surface area contributed by atoms with Crippen LogP contribution in [0.1, 0.15) is 10.5 Å². The molecule has 0 aliphatic rings. The zero-order valence-corrected chi connectivity index (χ0v) is 11.0. The van der Waals surface area contributed by atoms with Crippen LogP contribution in [-0.2, 0) is 11.3 Å². The van der Waals surface area contributed by atoms with Crippen LogP contribution in [0.4, 0.5) is 0 Å². The highest BCUT2D eigenvalue weighted by Gasteiger charge is 2.13. The third kappa shape index (κ3) is 2.51. The van der Waals surface area contributed by atoms with Crippen LogP contribution in [0.15, 0.2) is 35.1 Å². The zero-order valence-electron chi connectivity index (χ0n) is 11.0. The van der Waals surface area contributed by atoms with Crippen molar-refractivity contribution in [1.29, 1.82) is 0 Å². The number of pyridine rings is 1. The number of rotatable bonds is 4. The maximum Gasteiger partial charge on any atom is 0.267 e. The van der Waals surface area contributed by atoms with Gasteiger partial charge >= 0.3 is 0 Å². The molecule has 2 aromatic rings. The lowest BCUT2D eigenvalue weighted by atomic mass is 10.1. The number of hydrogen-bond acceptors (Lipinski definition) is 3. The van der Waals surface area contributed by atoms with E-state index in [0.717, 1.165) is 5.39 Å². The highest BCUT2D eigenvalue weighted by atomic mass is 16.5. The van der Waals surface area contributed by atoms with Gasteiger partial charge in [0.2, 0.25) is 0 Å². The van der Waals surface area contributed by atoms with Gasteiger partial charge in [0.05, 0.1) is 6.61 Å². The first-order chi connectivity index (χ1) is 9.19. The Balaban J connectivity index is 2.69. The number of carbonyl (C=O) groups excluding carboxylic acids is 1. The van der Waals surface area contributed by atoms with Crippen LogP contribution in [0.3, 0.4) is 0 Å². The molecule has 19 heavy (non-hydrogen) atoms. The van der Waals surface area contributed by atoms with Crippen molar-refractivity contribution in [3.63, 3.8) is 0 Å². The molecule has 0 aliphatic carbocycles. The summed E-state index contributed by atoms with van der Waals surface area (Å²) in [5, 5.41) is 3.92. The number of hydrogen-bond donors (Lipinski definition) is 1. The summed E-state index contributed by atoms with van der Waals surface area (Å²) < 4.78 is 6.44. The minimum Gasteiger partial charge on any atom is -0.383 e. The third-order valence-corrected chi connectivity index (χ3v) is 3.00. The quantitative estimate of drug-likeness (QED) is 0.892. The number of nitrogens with one attached hydrogen (secondary N) is 1. The van der Waals surface area contributed by atoms with Crippen molar-refractivity contribution < 1.29 is 9.53 Å². The number of methoxy groups -OCH3 is 1. The van der Waals surface area contributed by atoms with Crippen LogP contribution < -0.4 is 10.9 Å². The van der Waals surface area contributed by atoms with Gasteiger partial charge in [-0.3, -0.25) is 9.59 Å². The van der Waals surface area contributed by atoms with E-state index in [4.69, 9.17) is 4.74 Å². The van der Waals surface area contributed by atoms with Gasteiger partial charge < -0.3 is 14.6 Å². The lowest BCUT2D eigenvalue weighted by Crippen LogP contribution is -2.31. The third-order valence-electron chi connectivity index (χ3n) is 3.00. The summed E-state index contributed by atoms with van der Waals surface area (Å²) in [5.41, 5.74) is 0.178. The Kier molecular flexibility index (Phi) is 3.97. The second-order valence-electron chi connectivity index (χ2n) is 4.15. The molecule has 0 bridgehead atoms. The molecule has 0 atom stereocenters. The summed E-state index contributed by atoms with van der Waals surface area (Å²) in [5.74, 6) is -0.279. The molecule has 1 aromatic heterocycles. The lowest BCUT2D eigenvalue weighted by Gasteiger charge is -2.13. The first-order valence-corrected chi connectivity index (χ1v) is 6.02. The van der Waals surface area contributed by atoms with Gasteiger partial charge in [-0.05, 0) is 17.5 Å². The van der Waals surface area contributed by atoms with Crippen LogP contribution in [0.25, 0.3) is 10.8 Å². The van der Waals surface area contributed by atoms with E-state index in [-0.39, 0.29) is 11.5 Å². The molecule has 1 aromatic carbocycles. The Morgan fingerprint density at radius 3 is 2.79 bits per heavy atom. The van der Waals surface area contributed by atoms with Gasteiger partial charge in [-0.2, -0.15) is 0 Å². The Bertz CT molecular complexity index is 661. The Morgan fingerprint density at radius 2 is 2.11 bits per heavy atom. The maximum absolute atomic E-state index is 12.4. The smallest absolute Gasteiger partial charge is 0.267 e. The number of aromatic nitrogens is 1. The number of amides is 1. The molecule has 0 radical (unpaired) electrons. The second kappa shape index (κ2) is 5.67. The Labute approximate surface area is 110 Å². The molecule has 5 heteroatoms. The molecule has 1 N–H and O–H groups in total. The van der Waals surface area contributed by atoms with Gasteiger partial charge in [0, 0.05) is 26.1 Å². The van der Waals surface area contributed by atoms with Crippen LogP contribution in [0, 0.1) is 0 Å². The molecule has 0 fully saturated rings. The fraction of sp³-hybridized carbons (Fsp3) is 0.286. The van der Waals surface area contributed by atoms with Crippen LogP contribution in [-0.4, -0.2) is 31.2 Å². The largest absolute Gasteiger partial charge is 0.383 e. The van der Waals surface area contributed by atoms with Crippen molar-refractivity contribution in [3.05, 3.63) is 46.4 Å². The minimum absolute atomic E-state index is 0.172. The van der Waals surface area contributed by atoms with Crippen molar-refractivity contribution in [2.24, 2.45) is 0 Å². The van der Waals surface area contributed by atoms with Crippen molar-refractivity contribution in [2.45, 2.75) is 6.54 Å². The Morgan fingerprint density at radius 1 is 1.37 bits per heavy atom. The number of ether oxygens (including phenoxy) is 1. The monoisotopic (exact) mass is 260 g/mol. The topological polar surface area (TPSA) is 60.3 Å². The van der Waals surface area contributed by atoms with Crippen molar-refractivity contribution >= 4 is 16.7 Å². The van der Waals surface area contributed by atoms with Crippen LogP contribution in [0.5, 0.6) is 0 Å². The minimum atomic E-state index is -0.279. The number of carbonyl (C=O) groups is 1. The van der Waals surface area contributed by atoms with E-state index in [2.05, 4.69) is 5.32 Å². The van der Waals surface area contributed by atoms with E-state index in [0.29, 0.717) is 24.2 Å². The number of nitrogens with zero attached hydrogens (tertiary/aromatic N) is 1. The summed E-state index contributed by atoms with van der Waals surface area (Å²) >= 11 is 0. The summed E-state index contributed by atoms with van der Waals surface area (Å²) in [6.07, 6.45) is 0. The lowest BCUT2D eigenvalue weighted by molar-refractivity contribution is 0.0949. The Hall–Kier alpha value is -2.14. The summed E-state index contributed by atoms with van der Waals surface area (Å²) in [6.45, 7) is 0.727. The second-order valence-corrected chi connectivity index (χ2v) is 4.15. The van der Waals surface area contributed by atoms with Gasteiger partial charge in [-0.15, -0.1) is 0 Å². The molecule has 0 saturated heterocycles. The normalized spacial score (nSPS) is 10.6. The van der Waals surface area contributed by atoms with E-state index in [1.165, 1.54) is 4.57 Å². The van der Waals surface area contributed by atoms with E-state index in [1.54, 1.807) is 26.3 Å². The molecular formula is C14H16N2O3. The molecule has 100 valence electrons. The predicted molar refractivity (Wildman–Crippen MR) is 73.5 cm³/mol. The molecule has 5 nitrogen and oxygen atoms in total. The van der Waals surface area contributed by atoms with Gasteiger partial charge in [0.15, 0.2) is 0 Å². The standard InChI is InChI=1S/C14H16N2O3/c1-15-13(17)12-9-10-5-3-4-6-11(10)14(18)16(12)7-8-19-2/h3-6,9H,7-8H2,1-2H3,(H,15,17). The summed E-state index contributed by atoms with van der Waals surface area (Å²) in [7, 11) is 3.11. The van der Waals surface area contributed by atoms with E-state index in [9.17, 15) is 9.59 Å². The molecule has 2 rings (SSSR count). The van der Waals surface area contributed by atoms with E-state index in [1.807, 2.05) is 18.2 Å². The fourth-order valence-electron chi connectivity index (χ4n) is 2.02. The van der Waals surface area contributed by atoms with Gasteiger partial charge in [-0.1, -0.05) is 18.2 Å².